The van der Waals surface area contributed by atoms with Gasteiger partial charge in [0.25, 0.3) is 5.91 Å². The van der Waals surface area contributed by atoms with Crippen LogP contribution in [-0.2, 0) is 4.74 Å². The van der Waals surface area contributed by atoms with Crippen LogP contribution in [0.5, 0.6) is 0 Å². The number of rotatable bonds is 5. The highest BCUT2D eigenvalue weighted by Crippen LogP contribution is 2.28. The van der Waals surface area contributed by atoms with Gasteiger partial charge in [-0.1, -0.05) is 29.5 Å². The maximum atomic E-state index is 12.8. The predicted octanol–water partition coefficient (Wildman–Crippen LogP) is 2.87. The van der Waals surface area contributed by atoms with Crippen LogP contribution in [0.4, 0.5) is 16.8 Å². The van der Waals surface area contributed by atoms with E-state index in [0.29, 0.717) is 49.1 Å². The van der Waals surface area contributed by atoms with E-state index in [9.17, 15) is 14.9 Å². The normalized spacial score (nSPS) is 13.9. The second-order valence-electron chi connectivity index (χ2n) is 6.95. The molecule has 0 atom stereocenters. The lowest BCUT2D eigenvalue weighted by Gasteiger charge is -2.27. The molecule has 162 valence electrons. The second-order valence-corrected chi connectivity index (χ2v) is 8.01. The molecule has 0 bridgehead atoms. The first-order valence-corrected chi connectivity index (χ1v) is 10.6. The molecule has 32 heavy (non-hydrogen) atoms. The summed E-state index contributed by atoms with van der Waals surface area (Å²) in [5.41, 5.74) is 1.36. The van der Waals surface area contributed by atoms with Crippen molar-refractivity contribution in [1.82, 2.24) is 19.7 Å². The number of carbonyl (C=O) groups is 1. The van der Waals surface area contributed by atoms with Crippen molar-refractivity contribution in [3.63, 3.8) is 0 Å². The van der Waals surface area contributed by atoms with Gasteiger partial charge in [-0.15, -0.1) is 0 Å². The highest BCUT2D eigenvalue weighted by molar-refractivity contribution is 7.17. The van der Waals surface area contributed by atoms with E-state index in [1.807, 2.05) is 35.2 Å². The van der Waals surface area contributed by atoms with Crippen LogP contribution in [0.3, 0.4) is 0 Å². The van der Waals surface area contributed by atoms with Gasteiger partial charge in [-0.05, 0) is 18.2 Å². The molecule has 1 aromatic carbocycles. The Hall–Kier alpha value is -3.90. The zero-order chi connectivity index (χ0) is 22.1. The van der Waals surface area contributed by atoms with Gasteiger partial charge >= 0.3 is 5.00 Å². The number of carbonyl (C=O) groups excluding carboxylic acids is 1. The van der Waals surface area contributed by atoms with Gasteiger partial charge in [0.05, 0.1) is 40.3 Å². The number of nitrogens with one attached hydrogen (secondary N) is 1. The molecule has 0 spiro atoms. The van der Waals surface area contributed by atoms with Crippen molar-refractivity contribution in [2.45, 2.75) is 0 Å². The van der Waals surface area contributed by atoms with E-state index >= 15 is 0 Å². The summed E-state index contributed by atoms with van der Waals surface area (Å²) >= 11 is 0.806. The molecule has 5 rings (SSSR count). The van der Waals surface area contributed by atoms with Gasteiger partial charge in [-0.25, -0.2) is 4.68 Å². The van der Waals surface area contributed by atoms with Crippen LogP contribution in [0.15, 0.2) is 48.7 Å². The Kier molecular flexibility index (Phi) is 5.21. The SMILES string of the molecule is O=C(Nc1nc(N2CCOCC2)nc2c1cnn2-c1ccccc1)c1ccc([N+](=O)[O-])s1. The number of nitro groups is 1. The number of hydrogen-bond donors (Lipinski definition) is 1. The lowest BCUT2D eigenvalue weighted by Crippen LogP contribution is -2.37. The van der Waals surface area contributed by atoms with Crippen molar-refractivity contribution < 1.29 is 14.5 Å². The van der Waals surface area contributed by atoms with E-state index in [2.05, 4.69) is 15.4 Å². The third-order valence-corrected chi connectivity index (χ3v) is 5.97. The van der Waals surface area contributed by atoms with Gasteiger partial charge in [-0.3, -0.25) is 14.9 Å². The molecular weight excluding hydrogens is 434 g/mol. The fourth-order valence-electron chi connectivity index (χ4n) is 3.37. The molecule has 1 aliphatic rings. The molecule has 4 aromatic rings. The minimum absolute atomic E-state index is 0.103. The minimum Gasteiger partial charge on any atom is -0.378 e. The number of anilines is 2. The lowest BCUT2D eigenvalue weighted by molar-refractivity contribution is -0.380. The molecule has 0 radical (unpaired) electrons. The van der Waals surface area contributed by atoms with Gasteiger partial charge in [-0.2, -0.15) is 15.1 Å². The Morgan fingerprint density at radius 3 is 2.62 bits per heavy atom. The first-order valence-electron chi connectivity index (χ1n) is 9.79. The van der Waals surface area contributed by atoms with Crippen molar-refractivity contribution in [1.29, 1.82) is 0 Å². The third-order valence-electron chi connectivity index (χ3n) is 4.94. The summed E-state index contributed by atoms with van der Waals surface area (Å²) in [6.45, 7) is 2.35. The number of amides is 1. The summed E-state index contributed by atoms with van der Waals surface area (Å²) in [7, 11) is 0. The Balaban J connectivity index is 1.57. The van der Waals surface area contributed by atoms with E-state index in [-0.39, 0.29) is 9.88 Å². The second kappa shape index (κ2) is 8.32. The molecule has 4 heterocycles. The van der Waals surface area contributed by atoms with Gasteiger partial charge in [0, 0.05) is 19.2 Å². The van der Waals surface area contributed by atoms with Crippen LogP contribution in [0.1, 0.15) is 9.67 Å². The van der Waals surface area contributed by atoms with Crippen LogP contribution >= 0.6 is 11.3 Å². The van der Waals surface area contributed by atoms with Gasteiger partial charge in [0.1, 0.15) is 5.82 Å². The Bertz CT molecular complexity index is 1300. The van der Waals surface area contributed by atoms with E-state index in [1.165, 1.54) is 12.1 Å². The van der Waals surface area contributed by atoms with Crippen molar-refractivity contribution in [3.8, 4) is 5.69 Å². The number of aromatic nitrogens is 4. The number of para-hydroxylation sites is 1. The molecule has 1 aliphatic heterocycles. The maximum absolute atomic E-state index is 12.8. The molecule has 1 fully saturated rings. The predicted molar refractivity (Wildman–Crippen MR) is 119 cm³/mol. The van der Waals surface area contributed by atoms with Gasteiger partial charge in [0.2, 0.25) is 5.95 Å². The van der Waals surface area contributed by atoms with Crippen LogP contribution in [0.25, 0.3) is 16.7 Å². The molecule has 0 saturated carbocycles. The number of morpholine rings is 1. The van der Waals surface area contributed by atoms with Crippen molar-refractivity contribution in [2.24, 2.45) is 0 Å². The summed E-state index contributed by atoms with van der Waals surface area (Å²) in [5.74, 6) is 0.258. The molecule has 1 saturated heterocycles. The molecule has 11 nitrogen and oxygen atoms in total. The monoisotopic (exact) mass is 451 g/mol. The van der Waals surface area contributed by atoms with E-state index in [1.54, 1.807) is 10.9 Å². The fraction of sp³-hybridized carbons (Fsp3) is 0.200. The zero-order valence-corrected chi connectivity index (χ0v) is 17.5. The molecule has 1 amide bonds. The first kappa shape index (κ1) is 20.0. The van der Waals surface area contributed by atoms with Crippen molar-refractivity contribution in [2.75, 3.05) is 36.5 Å². The number of fused-ring (bicyclic) bond motifs is 1. The van der Waals surface area contributed by atoms with Crippen molar-refractivity contribution >= 4 is 45.0 Å². The van der Waals surface area contributed by atoms with Gasteiger partial charge in [0.15, 0.2) is 5.65 Å². The summed E-state index contributed by atoms with van der Waals surface area (Å²) in [5, 5.41) is 18.7. The number of nitrogens with zero attached hydrogens (tertiary/aromatic N) is 6. The number of benzene rings is 1. The summed E-state index contributed by atoms with van der Waals surface area (Å²) in [4.78, 5) is 34.8. The van der Waals surface area contributed by atoms with E-state index in [0.717, 1.165) is 17.0 Å². The third kappa shape index (κ3) is 3.76. The quantitative estimate of drug-likeness (QED) is 0.362. The fourth-order valence-corrected chi connectivity index (χ4v) is 4.09. The number of hydrogen-bond acceptors (Lipinski definition) is 9. The smallest absolute Gasteiger partial charge is 0.324 e. The average molecular weight is 451 g/mol. The summed E-state index contributed by atoms with van der Waals surface area (Å²) in [6.07, 6.45) is 1.60. The molecule has 0 unspecified atom stereocenters. The minimum atomic E-state index is -0.523. The Morgan fingerprint density at radius 2 is 1.91 bits per heavy atom. The molecule has 3 aromatic heterocycles. The number of thiophene rings is 1. The number of ether oxygens (including phenoxy) is 1. The largest absolute Gasteiger partial charge is 0.378 e. The molecular formula is C20H17N7O4S. The van der Waals surface area contributed by atoms with Crippen molar-refractivity contribution in [3.05, 3.63) is 63.7 Å². The molecule has 0 aliphatic carbocycles. The molecule has 12 heteroatoms. The topological polar surface area (TPSA) is 128 Å². The van der Waals surface area contributed by atoms with E-state index < -0.39 is 10.8 Å². The highest BCUT2D eigenvalue weighted by Gasteiger charge is 2.22. The van der Waals surface area contributed by atoms with Crippen LogP contribution in [-0.4, -0.2) is 56.9 Å². The molecule has 1 N–H and O–H groups in total. The lowest BCUT2D eigenvalue weighted by atomic mass is 10.3. The summed E-state index contributed by atoms with van der Waals surface area (Å²) < 4.78 is 7.11. The Morgan fingerprint density at radius 1 is 1.12 bits per heavy atom. The highest BCUT2D eigenvalue weighted by atomic mass is 32.1. The Labute approximate surface area is 185 Å². The van der Waals surface area contributed by atoms with Crippen LogP contribution < -0.4 is 10.2 Å². The first-order chi connectivity index (χ1) is 15.6. The average Bonchev–Trinajstić information content (AvgIpc) is 3.48. The van der Waals surface area contributed by atoms with E-state index in [4.69, 9.17) is 9.72 Å². The van der Waals surface area contributed by atoms with Gasteiger partial charge < -0.3 is 15.0 Å². The maximum Gasteiger partial charge on any atom is 0.324 e. The zero-order valence-electron chi connectivity index (χ0n) is 16.7. The van der Waals surface area contributed by atoms with Crippen LogP contribution in [0, 0.1) is 10.1 Å². The van der Waals surface area contributed by atoms with Crippen LogP contribution in [0.2, 0.25) is 0 Å². The summed E-state index contributed by atoms with van der Waals surface area (Å²) in [6, 6.07) is 12.3. The standard InChI is InChI=1S/C20H17N7O4S/c28-19(15-6-7-16(32-15)27(29)30)22-17-14-12-21-26(13-4-2-1-3-5-13)18(14)24-20(23-17)25-8-10-31-11-9-25/h1-7,12H,8-11H2,(H,22,23,24,28).